The Bertz CT molecular complexity index is 1040. The summed E-state index contributed by atoms with van der Waals surface area (Å²) in [5, 5.41) is 27.6. The van der Waals surface area contributed by atoms with E-state index in [0.29, 0.717) is 5.57 Å². The van der Waals surface area contributed by atoms with Crippen LogP contribution in [0.2, 0.25) is 0 Å². The van der Waals surface area contributed by atoms with Crippen LogP contribution in [0.3, 0.4) is 0 Å². The summed E-state index contributed by atoms with van der Waals surface area (Å²) in [7, 11) is 0. The molecule has 3 atom stereocenters. The standard InChI is InChI=1S/C20H21N5O2S2/c1-11-4-5-13(12(2)8-11)16-9-15(17-6-7-18(29-17)25(26)27)22-19-14(10-21)20(28-3)23-24(16)19/h4-8,15-16,19,22-23H,9H2,1-3H3. The number of fused-ring (bicyclic) bond motifs is 1. The predicted octanol–water partition coefficient (Wildman–Crippen LogP) is 4.29. The van der Waals surface area contributed by atoms with E-state index in [1.165, 1.54) is 39.8 Å². The van der Waals surface area contributed by atoms with Crippen molar-refractivity contribution in [3.05, 3.63) is 72.6 Å². The molecule has 150 valence electrons. The van der Waals surface area contributed by atoms with Gasteiger partial charge in [-0.3, -0.25) is 15.4 Å². The van der Waals surface area contributed by atoms with Gasteiger partial charge in [0.1, 0.15) is 12.2 Å². The number of thiophene rings is 1. The van der Waals surface area contributed by atoms with E-state index in [9.17, 15) is 15.4 Å². The minimum atomic E-state index is -0.353. The third-order valence-corrected chi connectivity index (χ3v) is 7.30. The number of thioether (sulfide) groups is 1. The van der Waals surface area contributed by atoms with Crippen molar-refractivity contribution in [3.8, 4) is 6.07 Å². The minimum absolute atomic E-state index is 0.0287. The highest BCUT2D eigenvalue weighted by molar-refractivity contribution is 8.02. The summed E-state index contributed by atoms with van der Waals surface area (Å²) in [6.45, 7) is 4.18. The maximum absolute atomic E-state index is 11.1. The van der Waals surface area contributed by atoms with E-state index in [0.717, 1.165) is 16.3 Å². The van der Waals surface area contributed by atoms with E-state index < -0.39 is 0 Å². The van der Waals surface area contributed by atoms with Crippen molar-refractivity contribution in [3.63, 3.8) is 0 Å². The Balaban J connectivity index is 1.75. The number of nitro groups is 1. The molecule has 2 aliphatic heterocycles. The summed E-state index contributed by atoms with van der Waals surface area (Å²) in [6.07, 6.45) is 2.41. The Hall–Kier alpha value is -2.38. The average molecular weight is 428 g/mol. The van der Waals surface area contributed by atoms with Gasteiger partial charge in [0, 0.05) is 17.0 Å². The summed E-state index contributed by atoms with van der Waals surface area (Å²) < 4.78 is 0. The summed E-state index contributed by atoms with van der Waals surface area (Å²) in [5.41, 5.74) is 7.67. The van der Waals surface area contributed by atoms with Gasteiger partial charge in [-0.25, -0.2) is 0 Å². The molecule has 2 N–H and O–H groups in total. The molecule has 3 unspecified atom stereocenters. The van der Waals surface area contributed by atoms with Crippen LogP contribution >= 0.6 is 23.1 Å². The Labute approximate surface area is 177 Å². The molecule has 9 heteroatoms. The lowest BCUT2D eigenvalue weighted by molar-refractivity contribution is -0.380. The van der Waals surface area contributed by atoms with Gasteiger partial charge >= 0.3 is 5.00 Å². The molecule has 2 aromatic rings. The van der Waals surface area contributed by atoms with Gasteiger partial charge in [-0.2, -0.15) is 10.3 Å². The van der Waals surface area contributed by atoms with Crippen molar-refractivity contribution in [2.45, 2.75) is 38.5 Å². The molecule has 1 saturated heterocycles. The third kappa shape index (κ3) is 3.53. The number of hydrogen-bond donors (Lipinski definition) is 2. The predicted molar refractivity (Wildman–Crippen MR) is 115 cm³/mol. The van der Waals surface area contributed by atoms with Crippen LogP contribution in [0.25, 0.3) is 0 Å². The van der Waals surface area contributed by atoms with Gasteiger partial charge in [-0.05, 0) is 43.7 Å². The normalized spacial score (nSPS) is 24.1. The average Bonchev–Trinajstić information content (AvgIpc) is 3.32. The quantitative estimate of drug-likeness (QED) is 0.555. The summed E-state index contributed by atoms with van der Waals surface area (Å²) >= 11 is 2.71. The highest BCUT2D eigenvalue weighted by atomic mass is 32.2. The molecule has 0 spiro atoms. The lowest BCUT2D eigenvalue weighted by Gasteiger charge is -2.42. The van der Waals surface area contributed by atoms with E-state index in [4.69, 9.17) is 0 Å². The molecule has 4 rings (SSSR count). The topological polar surface area (TPSA) is 94.2 Å². The highest BCUT2D eigenvalue weighted by Crippen LogP contribution is 2.44. The number of nitrogens with one attached hydrogen (secondary N) is 2. The van der Waals surface area contributed by atoms with Crippen LogP contribution < -0.4 is 10.7 Å². The van der Waals surface area contributed by atoms with Crippen molar-refractivity contribution in [2.75, 3.05) is 6.26 Å². The molecule has 7 nitrogen and oxygen atoms in total. The first-order valence-corrected chi connectivity index (χ1v) is 11.3. The van der Waals surface area contributed by atoms with Gasteiger partial charge in [0.05, 0.1) is 21.6 Å². The number of nitriles is 1. The van der Waals surface area contributed by atoms with Crippen molar-refractivity contribution in [2.24, 2.45) is 0 Å². The monoisotopic (exact) mass is 427 g/mol. The van der Waals surface area contributed by atoms with Crippen LogP contribution in [0.15, 0.2) is 40.9 Å². The molecule has 0 amide bonds. The molecule has 0 radical (unpaired) electrons. The van der Waals surface area contributed by atoms with Crippen LogP contribution in [0.1, 0.15) is 40.1 Å². The van der Waals surface area contributed by atoms with Crippen LogP contribution in [-0.2, 0) is 0 Å². The zero-order chi connectivity index (χ0) is 20.7. The molecule has 1 fully saturated rings. The fourth-order valence-corrected chi connectivity index (χ4v) is 5.56. The Morgan fingerprint density at radius 1 is 1.34 bits per heavy atom. The smallest absolute Gasteiger partial charge is 0.310 e. The molecule has 1 aromatic carbocycles. The SMILES string of the molecule is CSC1=C(C#N)C2NC(c3ccc([N+](=O)[O-])s3)CC(c3ccc(C)cc3C)N2N1. The molecule has 3 heterocycles. The summed E-state index contributed by atoms with van der Waals surface area (Å²) in [5.74, 6) is 0. The number of rotatable bonds is 4. The number of nitrogens with zero attached hydrogens (tertiary/aromatic N) is 3. The Morgan fingerprint density at radius 2 is 2.14 bits per heavy atom. The van der Waals surface area contributed by atoms with E-state index in [-0.39, 0.29) is 28.2 Å². The second-order valence-corrected chi connectivity index (χ2v) is 9.15. The van der Waals surface area contributed by atoms with Crippen LogP contribution in [0.5, 0.6) is 0 Å². The number of hydrogen-bond acceptors (Lipinski definition) is 8. The fourth-order valence-electron chi connectivity index (χ4n) is 4.09. The largest absolute Gasteiger partial charge is 0.324 e. The lowest BCUT2D eigenvalue weighted by Crippen LogP contribution is -2.55. The van der Waals surface area contributed by atoms with Crippen molar-refractivity contribution in [1.29, 1.82) is 5.26 Å². The third-order valence-electron chi connectivity index (χ3n) is 5.43. The van der Waals surface area contributed by atoms with Crippen LogP contribution in [0, 0.1) is 35.3 Å². The highest BCUT2D eigenvalue weighted by Gasteiger charge is 2.44. The van der Waals surface area contributed by atoms with E-state index >= 15 is 0 Å². The minimum Gasteiger partial charge on any atom is -0.310 e. The molecular formula is C20H21N5O2S2. The lowest BCUT2D eigenvalue weighted by atomic mass is 9.90. The van der Waals surface area contributed by atoms with Crippen molar-refractivity contribution in [1.82, 2.24) is 15.8 Å². The zero-order valence-corrected chi connectivity index (χ0v) is 17.9. The van der Waals surface area contributed by atoms with Gasteiger partial charge in [0.15, 0.2) is 0 Å². The number of aryl methyl sites for hydroxylation is 2. The summed E-state index contributed by atoms with van der Waals surface area (Å²) in [6, 6.07) is 12.1. The molecular weight excluding hydrogens is 406 g/mol. The van der Waals surface area contributed by atoms with Crippen LogP contribution in [0.4, 0.5) is 5.00 Å². The van der Waals surface area contributed by atoms with Crippen molar-refractivity contribution >= 4 is 28.1 Å². The van der Waals surface area contributed by atoms with Crippen molar-refractivity contribution < 1.29 is 4.92 Å². The second kappa shape index (κ2) is 7.80. The first kappa shape index (κ1) is 19.9. The van der Waals surface area contributed by atoms with Gasteiger partial charge < -0.3 is 5.43 Å². The Kier molecular flexibility index (Phi) is 5.36. The zero-order valence-electron chi connectivity index (χ0n) is 16.3. The maximum atomic E-state index is 11.1. The first-order chi connectivity index (χ1) is 13.9. The maximum Gasteiger partial charge on any atom is 0.324 e. The van der Waals surface area contributed by atoms with Gasteiger partial charge in [0.2, 0.25) is 0 Å². The molecule has 0 aliphatic carbocycles. The molecule has 29 heavy (non-hydrogen) atoms. The summed E-state index contributed by atoms with van der Waals surface area (Å²) in [4.78, 5) is 11.7. The second-order valence-electron chi connectivity index (χ2n) is 7.24. The van der Waals surface area contributed by atoms with Gasteiger partial charge in [-0.15, -0.1) is 11.8 Å². The number of benzene rings is 1. The molecule has 0 saturated carbocycles. The number of hydrazine groups is 1. The Morgan fingerprint density at radius 3 is 2.76 bits per heavy atom. The first-order valence-electron chi connectivity index (χ1n) is 9.23. The van der Waals surface area contributed by atoms with Gasteiger partial charge in [0.25, 0.3) is 0 Å². The van der Waals surface area contributed by atoms with E-state index in [2.05, 4.69) is 53.9 Å². The van der Waals surface area contributed by atoms with E-state index in [1.807, 2.05) is 12.3 Å². The van der Waals surface area contributed by atoms with Gasteiger partial charge in [-0.1, -0.05) is 35.1 Å². The molecule has 1 aromatic heterocycles. The molecule has 2 aliphatic rings. The van der Waals surface area contributed by atoms with E-state index in [1.54, 1.807) is 6.07 Å². The fraction of sp³-hybridized carbons (Fsp3) is 0.350. The van der Waals surface area contributed by atoms with Crippen LogP contribution in [-0.4, -0.2) is 22.4 Å². The molecule has 0 bridgehead atoms.